The van der Waals surface area contributed by atoms with Gasteiger partial charge < -0.3 is 5.32 Å². The van der Waals surface area contributed by atoms with Crippen LogP contribution in [0.5, 0.6) is 0 Å². The van der Waals surface area contributed by atoms with E-state index in [1.54, 1.807) is 6.20 Å². The monoisotopic (exact) mass is 243 g/mol. The highest BCUT2D eigenvalue weighted by Crippen LogP contribution is 2.20. The SMILES string of the molecule is CC(C)N=C(NN)Nc1cccc2ncccc12. The maximum atomic E-state index is 5.45. The van der Waals surface area contributed by atoms with Crippen molar-refractivity contribution in [2.45, 2.75) is 19.9 Å². The van der Waals surface area contributed by atoms with Crippen molar-refractivity contribution in [1.29, 1.82) is 0 Å². The van der Waals surface area contributed by atoms with Crippen molar-refractivity contribution in [1.82, 2.24) is 10.4 Å². The van der Waals surface area contributed by atoms with Crippen LogP contribution < -0.4 is 16.6 Å². The zero-order chi connectivity index (χ0) is 13.0. The lowest BCUT2D eigenvalue weighted by Crippen LogP contribution is -2.37. The molecule has 5 nitrogen and oxygen atoms in total. The van der Waals surface area contributed by atoms with Crippen LogP contribution in [0.2, 0.25) is 0 Å². The van der Waals surface area contributed by atoms with E-state index in [0.717, 1.165) is 16.6 Å². The zero-order valence-electron chi connectivity index (χ0n) is 10.5. The summed E-state index contributed by atoms with van der Waals surface area (Å²) >= 11 is 0. The smallest absolute Gasteiger partial charge is 0.210 e. The van der Waals surface area contributed by atoms with Gasteiger partial charge >= 0.3 is 0 Å². The van der Waals surface area contributed by atoms with Crippen LogP contribution in [0.1, 0.15) is 13.8 Å². The molecule has 1 aromatic carbocycles. The molecule has 94 valence electrons. The van der Waals surface area contributed by atoms with E-state index in [1.165, 1.54) is 0 Å². The fourth-order valence-corrected chi connectivity index (χ4v) is 1.70. The first-order valence-electron chi connectivity index (χ1n) is 5.86. The summed E-state index contributed by atoms with van der Waals surface area (Å²) in [6.07, 6.45) is 1.77. The number of benzene rings is 1. The van der Waals surface area contributed by atoms with Crippen LogP contribution in [-0.4, -0.2) is 17.0 Å². The molecule has 0 aliphatic carbocycles. The van der Waals surface area contributed by atoms with E-state index >= 15 is 0 Å². The van der Waals surface area contributed by atoms with Crippen molar-refractivity contribution in [3.63, 3.8) is 0 Å². The van der Waals surface area contributed by atoms with Gasteiger partial charge in [-0.25, -0.2) is 10.8 Å². The number of hydrogen-bond donors (Lipinski definition) is 3. The lowest BCUT2D eigenvalue weighted by atomic mass is 10.2. The first-order valence-corrected chi connectivity index (χ1v) is 5.86. The number of nitrogens with two attached hydrogens (primary N) is 1. The molecule has 1 heterocycles. The van der Waals surface area contributed by atoms with Crippen LogP contribution in [0.3, 0.4) is 0 Å². The third-order valence-electron chi connectivity index (χ3n) is 2.42. The molecular weight excluding hydrogens is 226 g/mol. The Balaban J connectivity index is 2.37. The number of fused-ring (bicyclic) bond motifs is 1. The summed E-state index contributed by atoms with van der Waals surface area (Å²) in [5.41, 5.74) is 4.43. The average molecular weight is 243 g/mol. The second-order valence-corrected chi connectivity index (χ2v) is 4.22. The summed E-state index contributed by atoms with van der Waals surface area (Å²) in [4.78, 5) is 8.65. The van der Waals surface area contributed by atoms with E-state index in [4.69, 9.17) is 5.84 Å². The van der Waals surface area contributed by atoms with Gasteiger partial charge in [0.15, 0.2) is 0 Å². The lowest BCUT2D eigenvalue weighted by molar-refractivity contribution is 0.819. The molecule has 1 aromatic heterocycles. The molecule has 0 spiro atoms. The van der Waals surface area contributed by atoms with Gasteiger partial charge in [0.05, 0.1) is 11.2 Å². The van der Waals surface area contributed by atoms with Gasteiger partial charge in [-0.2, -0.15) is 0 Å². The van der Waals surface area contributed by atoms with Crippen LogP contribution in [-0.2, 0) is 0 Å². The number of hydrogen-bond acceptors (Lipinski definition) is 3. The summed E-state index contributed by atoms with van der Waals surface area (Å²) < 4.78 is 0. The minimum Gasteiger partial charge on any atom is -0.325 e. The third kappa shape index (κ3) is 2.75. The molecule has 0 bridgehead atoms. The predicted octanol–water partition coefficient (Wildman–Crippen LogP) is 1.87. The molecule has 0 saturated carbocycles. The van der Waals surface area contributed by atoms with Crippen LogP contribution in [0.15, 0.2) is 41.5 Å². The third-order valence-corrected chi connectivity index (χ3v) is 2.42. The Bertz CT molecular complexity index is 557. The Hall–Kier alpha value is -2.14. The van der Waals surface area contributed by atoms with Gasteiger partial charge in [0.2, 0.25) is 5.96 Å². The summed E-state index contributed by atoms with van der Waals surface area (Å²) in [5.74, 6) is 6.00. The number of guanidine groups is 1. The van der Waals surface area contributed by atoms with Crippen molar-refractivity contribution in [3.05, 3.63) is 36.5 Å². The van der Waals surface area contributed by atoms with Crippen LogP contribution in [0.25, 0.3) is 10.9 Å². The minimum absolute atomic E-state index is 0.164. The maximum Gasteiger partial charge on any atom is 0.210 e. The van der Waals surface area contributed by atoms with E-state index in [0.29, 0.717) is 5.96 Å². The first-order chi connectivity index (χ1) is 8.70. The molecule has 0 radical (unpaired) electrons. The Morgan fingerprint density at radius 2 is 2.11 bits per heavy atom. The van der Waals surface area contributed by atoms with Crippen molar-refractivity contribution in [2.24, 2.45) is 10.8 Å². The van der Waals surface area contributed by atoms with E-state index in [2.05, 4.69) is 20.7 Å². The average Bonchev–Trinajstić information content (AvgIpc) is 2.38. The largest absolute Gasteiger partial charge is 0.325 e. The van der Waals surface area contributed by atoms with Crippen molar-refractivity contribution >= 4 is 22.5 Å². The van der Waals surface area contributed by atoms with Gasteiger partial charge in [-0.05, 0) is 38.1 Å². The number of nitrogens with one attached hydrogen (secondary N) is 2. The van der Waals surface area contributed by atoms with E-state index in [1.807, 2.05) is 44.2 Å². The second kappa shape index (κ2) is 5.46. The van der Waals surface area contributed by atoms with Gasteiger partial charge in [-0.3, -0.25) is 10.4 Å². The maximum absolute atomic E-state index is 5.45. The highest BCUT2D eigenvalue weighted by Gasteiger charge is 2.03. The minimum atomic E-state index is 0.164. The Kier molecular flexibility index (Phi) is 3.74. The second-order valence-electron chi connectivity index (χ2n) is 4.22. The molecule has 0 amide bonds. The number of hydrazine groups is 1. The molecule has 5 heteroatoms. The van der Waals surface area contributed by atoms with Crippen LogP contribution >= 0.6 is 0 Å². The molecular formula is C13H17N5. The fraction of sp³-hybridized carbons (Fsp3) is 0.231. The normalized spacial score (nSPS) is 11.9. The highest BCUT2D eigenvalue weighted by molar-refractivity contribution is 6.02. The van der Waals surface area contributed by atoms with Crippen LogP contribution in [0, 0.1) is 0 Å². The number of rotatable bonds is 2. The Labute approximate surface area is 106 Å². The fourth-order valence-electron chi connectivity index (χ4n) is 1.70. The molecule has 0 saturated heterocycles. The lowest BCUT2D eigenvalue weighted by Gasteiger charge is -2.12. The zero-order valence-corrected chi connectivity index (χ0v) is 10.5. The predicted molar refractivity (Wildman–Crippen MR) is 75.3 cm³/mol. The summed E-state index contributed by atoms with van der Waals surface area (Å²) in [5, 5.41) is 4.21. The summed E-state index contributed by atoms with van der Waals surface area (Å²) in [6.45, 7) is 3.98. The van der Waals surface area contributed by atoms with Gasteiger partial charge in [0, 0.05) is 17.6 Å². The van der Waals surface area contributed by atoms with Crippen molar-refractivity contribution in [2.75, 3.05) is 5.32 Å². The summed E-state index contributed by atoms with van der Waals surface area (Å²) in [6, 6.07) is 9.96. The molecule has 2 rings (SSSR count). The van der Waals surface area contributed by atoms with E-state index in [-0.39, 0.29) is 6.04 Å². The topological polar surface area (TPSA) is 75.3 Å². The molecule has 0 fully saturated rings. The standard InChI is InChI=1S/C13H17N5/c1-9(2)16-13(18-14)17-12-7-3-6-11-10(12)5-4-8-15-11/h3-9H,14H2,1-2H3,(H2,16,17,18). The highest BCUT2D eigenvalue weighted by atomic mass is 15.3. The summed E-state index contributed by atoms with van der Waals surface area (Å²) in [7, 11) is 0. The molecule has 0 unspecified atom stereocenters. The van der Waals surface area contributed by atoms with E-state index in [9.17, 15) is 0 Å². The van der Waals surface area contributed by atoms with Crippen molar-refractivity contribution in [3.8, 4) is 0 Å². The number of aromatic nitrogens is 1. The van der Waals surface area contributed by atoms with E-state index < -0.39 is 0 Å². The number of anilines is 1. The first kappa shape index (κ1) is 12.3. The quantitative estimate of drug-likeness (QED) is 0.326. The Morgan fingerprint density at radius 3 is 2.83 bits per heavy atom. The number of nitrogens with zero attached hydrogens (tertiary/aromatic N) is 2. The Morgan fingerprint density at radius 1 is 1.28 bits per heavy atom. The van der Waals surface area contributed by atoms with Crippen LogP contribution in [0.4, 0.5) is 5.69 Å². The number of pyridine rings is 1. The molecule has 0 aliphatic heterocycles. The molecule has 0 aliphatic rings. The number of aliphatic imine (C=N–C) groups is 1. The van der Waals surface area contributed by atoms with Gasteiger partial charge in [0.25, 0.3) is 0 Å². The molecule has 4 N–H and O–H groups in total. The van der Waals surface area contributed by atoms with Crippen molar-refractivity contribution < 1.29 is 0 Å². The molecule has 2 aromatic rings. The van der Waals surface area contributed by atoms with Gasteiger partial charge in [0.1, 0.15) is 0 Å². The van der Waals surface area contributed by atoms with Gasteiger partial charge in [-0.1, -0.05) is 6.07 Å². The van der Waals surface area contributed by atoms with Gasteiger partial charge in [-0.15, -0.1) is 0 Å². The molecule has 18 heavy (non-hydrogen) atoms. The molecule has 0 atom stereocenters.